The average molecular weight is 458 g/mol. The summed E-state index contributed by atoms with van der Waals surface area (Å²) in [6.07, 6.45) is 12.6. The summed E-state index contributed by atoms with van der Waals surface area (Å²) in [5, 5.41) is 2.77. The number of nitrogens with two attached hydrogens (primary N) is 2. The molecule has 0 aliphatic carbocycles. The first-order valence-electron chi connectivity index (χ1n) is 13.1. The number of hydrogen-bond donors (Lipinski definition) is 3. The van der Waals surface area contributed by atoms with E-state index in [1.54, 1.807) is 0 Å². The van der Waals surface area contributed by atoms with Crippen LogP contribution in [0.1, 0.15) is 104 Å². The van der Waals surface area contributed by atoms with Crippen LogP contribution in [0, 0.1) is 0 Å². The monoisotopic (exact) mass is 457 g/mol. The van der Waals surface area contributed by atoms with Gasteiger partial charge in [-0.05, 0) is 25.8 Å². The molecule has 0 unspecified atom stereocenters. The number of Topliss-reactive ketones (excluding diaryl/α,β-unsaturated/α-hetero) is 1. The SMILES string of the molecule is CCCCCCCCO[C@@H](C(=O)CCCN)[C@@H](OCCCCCCCC)C(=O)NCCN. The summed E-state index contributed by atoms with van der Waals surface area (Å²) in [6, 6.07) is 0. The van der Waals surface area contributed by atoms with E-state index in [1.807, 2.05) is 0 Å². The molecule has 0 radical (unpaired) electrons. The highest BCUT2D eigenvalue weighted by Gasteiger charge is 2.34. The van der Waals surface area contributed by atoms with E-state index in [-0.39, 0.29) is 11.7 Å². The van der Waals surface area contributed by atoms with Gasteiger partial charge in [-0.2, -0.15) is 0 Å². The zero-order valence-corrected chi connectivity index (χ0v) is 20.9. The molecule has 0 saturated heterocycles. The third-order valence-corrected chi connectivity index (χ3v) is 5.51. The molecule has 0 rings (SSSR count). The van der Waals surface area contributed by atoms with Gasteiger partial charge in [0.25, 0.3) is 5.91 Å². The molecule has 0 aliphatic rings. The zero-order chi connectivity index (χ0) is 23.9. The molecule has 1 amide bonds. The van der Waals surface area contributed by atoms with Gasteiger partial charge >= 0.3 is 0 Å². The standard InChI is InChI=1S/C25H51N3O4/c1-3-5-7-9-11-13-20-31-23(22(29)16-15-17-26)24(25(30)28-19-18-27)32-21-14-12-10-8-6-4-2/h23-24H,3-21,26-27H2,1-2H3,(H,28,30)/t23-,24+/m0/s1. The zero-order valence-electron chi connectivity index (χ0n) is 20.9. The largest absolute Gasteiger partial charge is 0.367 e. The quantitative estimate of drug-likeness (QED) is 0.190. The van der Waals surface area contributed by atoms with Crippen LogP contribution in [-0.4, -0.2) is 56.7 Å². The summed E-state index contributed by atoms with van der Waals surface area (Å²) in [7, 11) is 0. The Labute approximate surface area is 196 Å². The van der Waals surface area contributed by atoms with Gasteiger partial charge in [0.1, 0.15) is 0 Å². The second-order valence-electron chi connectivity index (χ2n) is 8.56. The van der Waals surface area contributed by atoms with E-state index in [0.717, 1.165) is 38.5 Å². The number of amides is 1. The Morgan fingerprint density at radius 3 is 1.69 bits per heavy atom. The molecule has 0 heterocycles. The fraction of sp³-hybridized carbons (Fsp3) is 0.920. The fourth-order valence-electron chi connectivity index (χ4n) is 3.55. The Kier molecular flexibility index (Phi) is 22.4. The highest BCUT2D eigenvalue weighted by Crippen LogP contribution is 2.14. The van der Waals surface area contributed by atoms with Gasteiger partial charge in [-0.3, -0.25) is 9.59 Å². The van der Waals surface area contributed by atoms with Gasteiger partial charge in [-0.25, -0.2) is 0 Å². The third kappa shape index (κ3) is 16.6. The van der Waals surface area contributed by atoms with E-state index in [1.165, 1.54) is 38.5 Å². The number of ether oxygens (including phenoxy) is 2. The van der Waals surface area contributed by atoms with E-state index in [2.05, 4.69) is 19.2 Å². The molecule has 0 saturated carbocycles. The predicted molar refractivity (Wildman–Crippen MR) is 132 cm³/mol. The Morgan fingerprint density at radius 1 is 0.688 bits per heavy atom. The van der Waals surface area contributed by atoms with Crippen molar-refractivity contribution in [1.82, 2.24) is 5.32 Å². The molecule has 2 atom stereocenters. The van der Waals surface area contributed by atoms with Crippen molar-refractivity contribution in [2.45, 2.75) is 116 Å². The number of carbonyl (C=O) groups is 2. The minimum absolute atomic E-state index is 0.114. The summed E-state index contributed by atoms with van der Waals surface area (Å²) >= 11 is 0. The van der Waals surface area contributed by atoms with Crippen LogP contribution < -0.4 is 16.8 Å². The second-order valence-corrected chi connectivity index (χ2v) is 8.56. The number of hydrogen-bond acceptors (Lipinski definition) is 6. The second kappa shape index (κ2) is 23.1. The molecule has 0 aromatic carbocycles. The fourth-order valence-corrected chi connectivity index (χ4v) is 3.55. The number of nitrogens with one attached hydrogen (secondary N) is 1. The van der Waals surface area contributed by atoms with Crippen LogP contribution in [0.2, 0.25) is 0 Å². The molecule has 5 N–H and O–H groups in total. The van der Waals surface area contributed by atoms with Crippen molar-refractivity contribution < 1.29 is 19.1 Å². The first-order chi connectivity index (χ1) is 15.6. The van der Waals surface area contributed by atoms with Crippen molar-refractivity contribution in [3.63, 3.8) is 0 Å². The summed E-state index contributed by atoms with van der Waals surface area (Å²) in [4.78, 5) is 25.7. The lowest BCUT2D eigenvalue weighted by Gasteiger charge is -2.26. The van der Waals surface area contributed by atoms with E-state index in [0.29, 0.717) is 45.7 Å². The van der Waals surface area contributed by atoms with E-state index < -0.39 is 12.2 Å². The molecule has 32 heavy (non-hydrogen) atoms. The number of rotatable bonds is 24. The van der Waals surface area contributed by atoms with Crippen molar-refractivity contribution in [3.8, 4) is 0 Å². The molecule has 0 bridgehead atoms. The topological polar surface area (TPSA) is 117 Å². The minimum atomic E-state index is -0.942. The van der Waals surface area contributed by atoms with Gasteiger partial charge in [0.2, 0.25) is 0 Å². The van der Waals surface area contributed by atoms with Gasteiger partial charge in [0, 0.05) is 32.7 Å². The lowest BCUT2D eigenvalue weighted by atomic mass is 10.0. The maximum Gasteiger partial charge on any atom is 0.252 e. The molecule has 190 valence electrons. The Morgan fingerprint density at radius 2 is 1.19 bits per heavy atom. The molecule has 7 heteroatoms. The molecular formula is C25H51N3O4. The highest BCUT2D eigenvalue weighted by atomic mass is 16.5. The van der Waals surface area contributed by atoms with Crippen LogP contribution in [0.3, 0.4) is 0 Å². The minimum Gasteiger partial charge on any atom is -0.367 e. The average Bonchev–Trinajstić information content (AvgIpc) is 2.80. The maximum absolute atomic E-state index is 12.9. The lowest BCUT2D eigenvalue weighted by Crippen LogP contribution is -2.50. The summed E-state index contributed by atoms with van der Waals surface area (Å²) < 4.78 is 11.9. The van der Waals surface area contributed by atoms with E-state index in [9.17, 15) is 9.59 Å². The first kappa shape index (κ1) is 31.0. The molecule has 0 aromatic rings. The smallest absolute Gasteiger partial charge is 0.252 e. The molecule has 0 aromatic heterocycles. The van der Waals surface area contributed by atoms with Crippen LogP contribution in [0.25, 0.3) is 0 Å². The van der Waals surface area contributed by atoms with Gasteiger partial charge in [-0.15, -0.1) is 0 Å². The predicted octanol–water partition coefficient (Wildman–Crippen LogP) is 3.86. The number of ketones is 1. The van der Waals surface area contributed by atoms with Crippen molar-refractivity contribution in [1.29, 1.82) is 0 Å². The Balaban J connectivity index is 4.87. The van der Waals surface area contributed by atoms with Crippen LogP contribution in [0.5, 0.6) is 0 Å². The molecule has 0 aliphatic heterocycles. The van der Waals surface area contributed by atoms with E-state index in [4.69, 9.17) is 20.9 Å². The van der Waals surface area contributed by atoms with Gasteiger partial charge < -0.3 is 26.3 Å². The van der Waals surface area contributed by atoms with Crippen molar-refractivity contribution >= 4 is 11.7 Å². The van der Waals surface area contributed by atoms with Gasteiger partial charge in [0.05, 0.1) is 0 Å². The molecule has 7 nitrogen and oxygen atoms in total. The molecule has 0 spiro atoms. The molecule has 0 fully saturated rings. The van der Waals surface area contributed by atoms with Crippen LogP contribution in [0.15, 0.2) is 0 Å². The van der Waals surface area contributed by atoms with Crippen molar-refractivity contribution in [3.05, 3.63) is 0 Å². The van der Waals surface area contributed by atoms with Crippen LogP contribution in [-0.2, 0) is 19.1 Å². The summed E-state index contributed by atoms with van der Waals surface area (Å²) in [5.41, 5.74) is 11.1. The van der Waals surface area contributed by atoms with Crippen LogP contribution >= 0.6 is 0 Å². The summed E-state index contributed by atoms with van der Waals surface area (Å²) in [5.74, 6) is -0.437. The highest BCUT2D eigenvalue weighted by molar-refractivity contribution is 5.92. The molecular weight excluding hydrogens is 406 g/mol. The third-order valence-electron chi connectivity index (χ3n) is 5.51. The van der Waals surface area contributed by atoms with Gasteiger partial charge in [0.15, 0.2) is 18.0 Å². The summed E-state index contributed by atoms with van der Waals surface area (Å²) in [6.45, 7) is 6.39. The van der Waals surface area contributed by atoms with Crippen molar-refractivity contribution in [2.24, 2.45) is 11.5 Å². The number of carbonyl (C=O) groups excluding carboxylic acids is 2. The Bertz CT molecular complexity index is 409. The van der Waals surface area contributed by atoms with Crippen LogP contribution in [0.4, 0.5) is 0 Å². The van der Waals surface area contributed by atoms with E-state index >= 15 is 0 Å². The lowest BCUT2D eigenvalue weighted by molar-refractivity contribution is -0.156. The number of unbranched alkanes of at least 4 members (excludes halogenated alkanes) is 10. The maximum atomic E-state index is 12.9. The van der Waals surface area contributed by atoms with Crippen molar-refractivity contribution in [2.75, 3.05) is 32.8 Å². The van der Waals surface area contributed by atoms with Gasteiger partial charge in [-0.1, -0.05) is 78.1 Å². The first-order valence-corrected chi connectivity index (χ1v) is 13.1. The Hall–Kier alpha value is -1.02. The normalized spacial score (nSPS) is 13.1.